The largest absolute Gasteiger partial charge is 0.326 e. The Morgan fingerprint density at radius 3 is 2.28 bits per heavy atom. The van der Waals surface area contributed by atoms with Gasteiger partial charge in [-0.1, -0.05) is 36.0 Å². The van der Waals surface area contributed by atoms with Gasteiger partial charge in [-0.2, -0.15) is 0 Å². The van der Waals surface area contributed by atoms with Crippen LogP contribution in [0.3, 0.4) is 0 Å². The van der Waals surface area contributed by atoms with Crippen molar-refractivity contribution in [1.82, 2.24) is 4.47 Å². The van der Waals surface area contributed by atoms with Crippen molar-refractivity contribution in [1.29, 1.82) is 0 Å². The van der Waals surface area contributed by atoms with E-state index < -0.39 is 15.9 Å². The molecule has 0 aliphatic heterocycles. The third kappa shape index (κ3) is 5.54. The number of nitrogens with zero attached hydrogens (tertiary/aromatic N) is 1. The monoisotopic (exact) mass is 439 g/mol. The van der Waals surface area contributed by atoms with Crippen molar-refractivity contribution in [3.8, 4) is 0 Å². The van der Waals surface area contributed by atoms with Gasteiger partial charge >= 0.3 is 0 Å². The van der Waals surface area contributed by atoms with Crippen molar-refractivity contribution >= 4 is 44.8 Å². The minimum absolute atomic E-state index is 0.0381. The zero-order valence-corrected chi connectivity index (χ0v) is 18.0. The van der Waals surface area contributed by atoms with E-state index in [2.05, 4.69) is 10.6 Å². The summed E-state index contributed by atoms with van der Waals surface area (Å²) in [4.78, 5) is 28.9. The van der Waals surface area contributed by atoms with Crippen LogP contribution in [-0.2, 0) is 19.7 Å². The number of hydrogen-bond acceptors (Lipinski definition) is 5. The van der Waals surface area contributed by atoms with Gasteiger partial charge in [0.15, 0.2) is 0 Å². The van der Waals surface area contributed by atoms with E-state index in [1.807, 2.05) is 0 Å². The maximum absolute atomic E-state index is 12.6. The SMILES string of the molecule is CON(C)S(=O)(=O)c1cc(C(=O)Nc2cccc(NC(=O)C(C)C)c2)ccc1Cl. The van der Waals surface area contributed by atoms with Gasteiger partial charge in [0.2, 0.25) is 5.91 Å². The van der Waals surface area contributed by atoms with E-state index >= 15 is 0 Å². The van der Waals surface area contributed by atoms with Crippen LogP contribution in [0.15, 0.2) is 47.4 Å². The number of amides is 2. The van der Waals surface area contributed by atoms with Crippen LogP contribution in [0.2, 0.25) is 5.02 Å². The summed E-state index contributed by atoms with van der Waals surface area (Å²) in [5, 5.41) is 5.38. The summed E-state index contributed by atoms with van der Waals surface area (Å²) >= 11 is 6.01. The zero-order valence-electron chi connectivity index (χ0n) is 16.4. The fourth-order valence-electron chi connectivity index (χ4n) is 2.24. The predicted octanol–water partition coefficient (Wildman–Crippen LogP) is 3.37. The predicted molar refractivity (Wildman–Crippen MR) is 111 cm³/mol. The minimum Gasteiger partial charge on any atom is -0.326 e. The molecule has 0 aliphatic carbocycles. The fourth-order valence-corrected chi connectivity index (χ4v) is 3.72. The summed E-state index contributed by atoms with van der Waals surface area (Å²) in [6.45, 7) is 3.54. The van der Waals surface area contributed by atoms with Crippen molar-refractivity contribution in [2.24, 2.45) is 5.92 Å². The highest BCUT2D eigenvalue weighted by molar-refractivity contribution is 7.89. The topological polar surface area (TPSA) is 105 Å². The van der Waals surface area contributed by atoms with Gasteiger partial charge in [0.25, 0.3) is 15.9 Å². The molecule has 0 saturated heterocycles. The molecule has 0 radical (unpaired) electrons. The van der Waals surface area contributed by atoms with Crippen LogP contribution in [0.4, 0.5) is 11.4 Å². The number of carbonyl (C=O) groups excluding carboxylic acids is 2. The Hall–Kier alpha value is -2.46. The Balaban J connectivity index is 2.26. The molecule has 2 amide bonds. The second-order valence-electron chi connectivity index (χ2n) is 6.42. The standard InChI is InChI=1S/C19H22ClN3O5S/c1-12(2)18(24)21-14-6-5-7-15(11-14)22-19(25)13-8-9-16(20)17(10-13)29(26,27)23(3)28-4/h5-12H,1-4H3,(H,21,24)(H,22,25). The molecule has 8 nitrogen and oxygen atoms in total. The van der Waals surface area contributed by atoms with E-state index in [4.69, 9.17) is 16.4 Å². The van der Waals surface area contributed by atoms with Gasteiger partial charge in [-0.15, -0.1) is 0 Å². The molecule has 0 bridgehead atoms. The minimum atomic E-state index is -4.03. The molecule has 29 heavy (non-hydrogen) atoms. The van der Waals surface area contributed by atoms with E-state index in [-0.39, 0.29) is 27.3 Å². The molecule has 0 spiro atoms. The highest BCUT2D eigenvalue weighted by atomic mass is 35.5. The van der Waals surface area contributed by atoms with Crippen LogP contribution < -0.4 is 10.6 Å². The van der Waals surface area contributed by atoms with E-state index in [1.54, 1.807) is 38.1 Å². The van der Waals surface area contributed by atoms with E-state index in [9.17, 15) is 18.0 Å². The highest BCUT2D eigenvalue weighted by Crippen LogP contribution is 2.26. The number of halogens is 1. The maximum atomic E-state index is 12.6. The molecule has 2 aromatic carbocycles. The molecular weight excluding hydrogens is 418 g/mol. The zero-order chi connectivity index (χ0) is 21.8. The van der Waals surface area contributed by atoms with Gasteiger partial charge in [-0.05, 0) is 36.4 Å². The molecule has 0 aromatic heterocycles. The number of sulfonamides is 1. The molecule has 0 fully saturated rings. The number of benzene rings is 2. The lowest BCUT2D eigenvalue weighted by Crippen LogP contribution is -2.26. The number of carbonyl (C=O) groups is 2. The summed E-state index contributed by atoms with van der Waals surface area (Å²) in [6, 6.07) is 10.5. The van der Waals surface area contributed by atoms with Crippen molar-refractivity contribution in [3.63, 3.8) is 0 Å². The Morgan fingerprint density at radius 2 is 1.69 bits per heavy atom. The number of hydrogen-bond donors (Lipinski definition) is 2. The van der Waals surface area contributed by atoms with Gasteiger partial charge in [0.05, 0.1) is 12.1 Å². The first kappa shape index (κ1) is 22.8. The van der Waals surface area contributed by atoms with Crippen LogP contribution in [0.1, 0.15) is 24.2 Å². The average molecular weight is 440 g/mol. The van der Waals surface area contributed by atoms with Gasteiger partial charge in [0.1, 0.15) is 4.90 Å². The highest BCUT2D eigenvalue weighted by Gasteiger charge is 2.25. The summed E-state index contributed by atoms with van der Waals surface area (Å²) in [5.74, 6) is -0.873. The molecule has 2 rings (SSSR count). The first-order valence-corrected chi connectivity index (χ1v) is 10.4. The molecule has 0 heterocycles. The van der Waals surface area contributed by atoms with Gasteiger partial charge in [0, 0.05) is 29.9 Å². The van der Waals surface area contributed by atoms with Gasteiger partial charge < -0.3 is 10.6 Å². The summed E-state index contributed by atoms with van der Waals surface area (Å²) in [7, 11) is -1.61. The van der Waals surface area contributed by atoms with E-state index in [0.29, 0.717) is 15.8 Å². The van der Waals surface area contributed by atoms with Crippen LogP contribution in [-0.4, -0.2) is 38.9 Å². The Kier molecular flexibility index (Phi) is 7.37. The first-order valence-electron chi connectivity index (χ1n) is 8.61. The summed E-state index contributed by atoms with van der Waals surface area (Å²) < 4.78 is 25.6. The normalized spacial score (nSPS) is 11.6. The lowest BCUT2D eigenvalue weighted by Gasteiger charge is -2.16. The van der Waals surface area contributed by atoms with Crippen LogP contribution in [0.5, 0.6) is 0 Å². The molecule has 2 N–H and O–H groups in total. The Bertz CT molecular complexity index is 1020. The smallest absolute Gasteiger partial charge is 0.266 e. The van der Waals surface area contributed by atoms with Crippen LogP contribution in [0, 0.1) is 5.92 Å². The Labute approximate surface area is 174 Å². The molecule has 156 valence electrons. The third-order valence-electron chi connectivity index (χ3n) is 3.98. The first-order chi connectivity index (χ1) is 13.6. The molecule has 0 atom stereocenters. The van der Waals surface area contributed by atoms with Crippen molar-refractivity contribution in [2.75, 3.05) is 24.8 Å². The number of hydroxylamine groups is 1. The Morgan fingerprint density at radius 1 is 1.07 bits per heavy atom. The molecule has 0 unspecified atom stereocenters. The second kappa shape index (κ2) is 9.36. The molecular formula is C19H22ClN3O5S. The van der Waals surface area contributed by atoms with Crippen LogP contribution in [0.25, 0.3) is 0 Å². The number of anilines is 2. The van der Waals surface area contributed by atoms with Gasteiger partial charge in [-0.25, -0.2) is 8.42 Å². The van der Waals surface area contributed by atoms with E-state index in [0.717, 1.165) is 0 Å². The lowest BCUT2D eigenvalue weighted by molar-refractivity contribution is -0.118. The number of nitrogens with one attached hydrogen (secondary N) is 2. The van der Waals surface area contributed by atoms with Crippen molar-refractivity contribution < 1.29 is 22.8 Å². The van der Waals surface area contributed by atoms with Crippen molar-refractivity contribution in [3.05, 3.63) is 53.1 Å². The fraction of sp³-hybridized carbons (Fsp3) is 0.263. The average Bonchev–Trinajstić information content (AvgIpc) is 2.67. The quantitative estimate of drug-likeness (QED) is 0.643. The summed E-state index contributed by atoms with van der Waals surface area (Å²) in [5.41, 5.74) is 1.06. The number of rotatable bonds is 7. The maximum Gasteiger partial charge on any atom is 0.266 e. The van der Waals surface area contributed by atoms with E-state index in [1.165, 1.54) is 32.4 Å². The molecule has 0 aliphatic rings. The molecule has 10 heteroatoms. The second-order valence-corrected chi connectivity index (χ2v) is 8.73. The third-order valence-corrected chi connectivity index (χ3v) is 6.14. The van der Waals surface area contributed by atoms with Gasteiger partial charge in [-0.3, -0.25) is 14.4 Å². The summed E-state index contributed by atoms with van der Waals surface area (Å²) in [6.07, 6.45) is 0. The lowest BCUT2D eigenvalue weighted by atomic mass is 10.2. The van der Waals surface area contributed by atoms with Crippen molar-refractivity contribution in [2.45, 2.75) is 18.7 Å². The molecule has 2 aromatic rings. The van der Waals surface area contributed by atoms with Crippen LogP contribution >= 0.6 is 11.6 Å². The molecule has 0 saturated carbocycles.